The van der Waals surface area contributed by atoms with E-state index in [0.29, 0.717) is 37.1 Å². The number of carbonyl (C=O) groups excluding carboxylic acids is 3. The summed E-state index contributed by atoms with van der Waals surface area (Å²) in [7, 11) is 1.42. The van der Waals surface area contributed by atoms with Crippen LogP contribution in [-0.2, 0) is 19.0 Å². The molecule has 2 aromatic carbocycles. The Morgan fingerprint density at radius 2 is 1.54 bits per heavy atom. The van der Waals surface area contributed by atoms with Gasteiger partial charge in [-0.3, -0.25) is 15.4 Å². The molecule has 0 aromatic heterocycles. The second-order valence-electron chi connectivity index (χ2n) is 15.6. The molecular weight excluding hydrogens is 634 g/mol. The largest absolute Gasteiger partial charge is 0.469 e. The first-order chi connectivity index (χ1) is 24.1. The highest BCUT2D eigenvalue weighted by atomic mass is 16.6. The molecule has 11 nitrogen and oxygen atoms in total. The maximum atomic E-state index is 13.6. The number of anilines is 2. The number of hydrogen-bond acceptors (Lipinski definition) is 7. The fourth-order valence-corrected chi connectivity index (χ4v) is 10.8. The summed E-state index contributed by atoms with van der Waals surface area (Å²) in [6.07, 6.45) is 4.88. The smallest absolute Gasteiger partial charge is 0.411 e. The summed E-state index contributed by atoms with van der Waals surface area (Å²) in [5.74, 6) is 0.572. The Labute approximate surface area is 294 Å². The summed E-state index contributed by atoms with van der Waals surface area (Å²) >= 11 is 0. The minimum atomic E-state index is -0.480. The molecule has 0 radical (unpaired) electrons. The molecule has 0 aliphatic heterocycles. The van der Waals surface area contributed by atoms with E-state index in [-0.39, 0.29) is 59.0 Å². The first-order valence-electron chi connectivity index (χ1n) is 18.2. The van der Waals surface area contributed by atoms with Crippen LogP contribution in [0.4, 0.5) is 21.0 Å². The van der Waals surface area contributed by atoms with E-state index in [0.717, 1.165) is 32.1 Å². The van der Waals surface area contributed by atoms with Crippen molar-refractivity contribution in [2.45, 2.75) is 96.8 Å². The maximum absolute atomic E-state index is 13.6. The highest BCUT2D eigenvalue weighted by Crippen LogP contribution is 2.69. The van der Waals surface area contributed by atoms with Gasteiger partial charge in [-0.1, -0.05) is 62.3 Å². The van der Waals surface area contributed by atoms with Gasteiger partial charge in [-0.15, -0.1) is 0 Å². The monoisotopic (exact) mass is 685 g/mol. The lowest BCUT2D eigenvalue weighted by molar-refractivity contribution is -0.200. The molecule has 11 heteroatoms. The van der Waals surface area contributed by atoms with Crippen LogP contribution in [0.5, 0.6) is 0 Å². The van der Waals surface area contributed by atoms with E-state index < -0.39 is 23.7 Å². The summed E-state index contributed by atoms with van der Waals surface area (Å²) < 4.78 is 18.0. The molecule has 0 unspecified atom stereocenters. The Hall–Kier alpha value is -4.24. The number of ether oxygens (including phenoxy) is 3. The molecule has 0 heterocycles. The third kappa shape index (κ3) is 7.02. The van der Waals surface area contributed by atoms with Crippen molar-refractivity contribution < 1.29 is 28.6 Å². The van der Waals surface area contributed by atoms with Crippen molar-refractivity contribution in [2.24, 2.45) is 51.5 Å². The average Bonchev–Trinajstić information content (AvgIpc) is 3.47. The zero-order valence-corrected chi connectivity index (χ0v) is 29.6. The summed E-state index contributed by atoms with van der Waals surface area (Å²) in [5.41, 5.74) is 10.1. The maximum Gasteiger partial charge on any atom is 0.411 e. The van der Waals surface area contributed by atoms with Crippen LogP contribution in [0.15, 0.2) is 65.8 Å². The number of para-hydroxylation sites is 2. The molecule has 50 heavy (non-hydrogen) atoms. The van der Waals surface area contributed by atoms with Crippen LogP contribution in [0, 0.1) is 46.3 Å². The number of benzene rings is 2. The molecule has 2 amide bonds. The van der Waals surface area contributed by atoms with Crippen molar-refractivity contribution in [3.8, 4) is 0 Å². The molecule has 2 N–H and O–H groups in total. The van der Waals surface area contributed by atoms with Gasteiger partial charge in [-0.25, -0.2) is 9.59 Å². The minimum Gasteiger partial charge on any atom is -0.469 e. The third-order valence-corrected chi connectivity index (χ3v) is 13.3. The van der Waals surface area contributed by atoms with Crippen LogP contribution in [0.2, 0.25) is 0 Å². The number of carbonyl (C=O) groups is 3. The van der Waals surface area contributed by atoms with Crippen molar-refractivity contribution in [3.63, 3.8) is 0 Å². The van der Waals surface area contributed by atoms with Crippen molar-refractivity contribution >= 4 is 29.5 Å². The summed E-state index contributed by atoms with van der Waals surface area (Å²) in [6, 6.07) is 18.5. The van der Waals surface area contributed by atoms with Gasteiger partial charge in [0.25, 0.3) is 0 Å². The van der Waals surface area contributed by atoms with Gasteiger partial charge in [-0.2, -0.15) is 0 Å². The van der Waals surface area contributed by atoms with Gasteiger partial charge >= 0.3 is 18.2 Å². The molecule has 0 spiro atoms. The average molecular weight is 686 g/mol. The summed E-state index contributed by atoms with van der Waals surface area (Å²) in [5, 5.41) is 10.0. The fourth-order valence-electron chi connectivity index (χ4n) is 10.8. The normalized spacial score (nSPS) is 34.7. The van der Waals surface area contributed by atoms with Crippen molar-refractivity contribution in [1.82, 2.24) is 0 Å². The first kappa shape index (κ1) is 35.6. The van der Waals surface area contributed by atoms with Crippen molar-refractivity contribution in [2.75, 3.05) is 17.7 Å². The molecular formula is C39H51N5O6. The molecule has 4 aliphatic carbocycles. The van der Waals surface area contributed by atoms with Gasteiger partial charge in [0.1, 0.15) is 12.2 Å². The minimum absolute atomic E-state index is 0.0497. The van der Waals surface area contributed by atoms with Crippen molar-refractivity contribution in [3.05, 3.63) is 71.1 Å². The molecule has 4 fully saturated rings. The standard InChI is InChI=1S/C39H51N5O6/c1-24(15-18-34(45)48-4)29-16-17-30-35-31(23-33(39(29,30)3)50-37(47)42-27-13-9-6-10-14-27)38(2)20-19-28(43-44-40)21-25(38)22-32(35)49-36(46)41-26-11-7-5-8-12-26/h5-14,24-25,28-33,35H,15-23H2,1-4H3,(H,41,46)(H,42,47)/t24-,25+,28-,29-,30+,31+,32-,33+,35+,38+,39-/m1/s1. The van der Waals surface area contributed by atoms with Crippen molar-refractivity contribution in [1.29, 1.82) is 0 Å². The topological polar surface area (TPSA) is 152 Å². The van der Waals surface area contributed by atoms with Crippen LogP contribution in [-0.4, -0.2) is 43.5 Å². The molecule has 11 atom stereocenters. The Bertz CT molecular complexity index is 1570. The van der Waals surface area contributed by atoms with E-state index in [1.54, 1.807) is 0 Å². The lowest BCUT2D eigenvalue weighted by atomic mass is 9.43. The van der Waals surface area contributed by atoms with E-state index in [4.69, 9.17) is 14.2 Å². The van der Waals surface area contributed by atoms with Gasteiger partial charge in [0.05, 0.1) is 7.11 Å². The van der Waals surface area contributed by atoms with E-state index >= 15 is 0 Å². The van der Waals surface area contributed by atoms with Gasteiger partial charge < -0.3 is 14.2 Å². The molecule has 4 saturated carbocycles. The quantitative estimate of drug-likeness (QED) is 0.0882. The first-order valence-corrected chi connectivity index (χ1v) is 18.2. The van der Waals surface area contributed by atoms with Crippen LogP contribution >= 0.6 is 0 Å². The molecule has 268 valence electrons. The van der Waals surface area contributed by atoms with Crippen LogP contribution in [0.1, 0.15) is 78.6 Å². The zero-order valence-electron chi connectivity index (χ0n) is 29.6. The van der Waals surface area contributed by atoms with E-state index in [9.17, 15) is 19.9 Å². The second-order valence-corrected chi connectivity index (χ2v) is 15.6. The fraction of sp³-hybridized carbons (Fsp3) is 0.615. The molecule has 2 aromatic rings. The zero-order chi connectivity index (χ0) is 35.5. The van der Waals surface area contributed by atoms with Crippen LogP contribution in [0.25, 0.3) is 10.4 Å². The number of azide groups is 1. The number of fused-ring (bicyclic) bond motifs is 5. The van der Waals surface area contributed by atoms with Gasteiger partial charge in [0.15, 0.2) is 0 Å². The molecule has 0 saturated heterocycles. The van der Waals surface area contributed by atoms with E-state index in [1.807, 2.05) is 60.7 Å². The molecule has 0 bridgehead atoms. The number of amides is 2. The lowest BCUT2D eigenvalue weighted by Crippen LogP contribution is -2.63. The van der Waals surface area contributed by atoms with Crippen LogP contribution < -0.4 is 10.6 Å². The number of esters is 1. The summed E-state index contributed by atoms with van der Waals surface area (Å²) in [4.78, 5) is 42.5. The molecule has 6 rings (SSSR count). The lowest BCUT2D eigenvalue weighted by Gasteiger charge is -2.64. The number of nitrogens with zero attached hydrogens (tertiary/aromatic N) is 3. The Kier molecular flexibility index (Phi) is 10.6. The molecule has 4 aliphatic rings. The number of methoxy groups -OCH3 is 1. The van der Waals surface area contributed by atoms with Crippen LogP contribution in [0.3, 0.4) is 0 Å². The number of nitrogens with one attached hydrogen (secondary N) is 2. The Balaban J connectivity index is 1.35. The summed E-state index contributed by atoms with van der Waals surface area (Å²) in [6.45, 7) is 6.83. The number of hydrogen-bond donors (Lipinski definition) is 2. The van der Waals surface area contributed by atoms with Gasteiger partial charge in [0.2, 0.25) is 0 Å². The predicted octanol–water partition coefficient (Wildman–Crippen LogP) is 9.37. The highest BCUT2D eigenvalue weighted by Gasteiger charge is 2.67. The second kappa shape index (κ2) is 14.9. The SMILES string of the molecule is COC(=O)CC[C@@H](C)[C@H]1CC[C@H]2[C@@H]3[C@H](OC(=O)Nc4ccccc4)C[C@@H]4C[C@H](N=[N+]=[N-])CC[C@]4(C)[C@H]3C[C@H](OC(=O)Nc3ccccc3)[C@]12C. The highest BCUT2D eigenvalue weighted by molar-refractivity contribution is 5.85. The third-order valence-electron chi connectivity index (χ3n) is 13.3. The van der Waals surface area contributed by atoms with Gasteiger partial charge in [-0.05, 0) is 116 Å². The predicted molar refractivity (Wildman–Crippen MR) is 190 cm³/mol. The van der Waals surface area contributed by atoms with E-state index in [1.165, 1.54) is 7.11 Å². The Morgan fingerprint density at radius 1 is 0.900 bits per heavy atom. The Morgan fingerprint density at radius 3 is 2.16 bits per heavy atom. The van der Waals surface area contributed by atoms with Gasteiger partial charge in [0, 0.05) is 40.1 Å². The number of rotatable bonds is 9. The van der Waals surface area contributed by atoms with E-state index in [2.05, 4.69) is 41.4 Å².